The van der Waals surface area contributed by atoms with Crippen molar-refractivity contribution in [2.45, 2.75) is 83.2 Å². The first kappa shape index (κ1) is 24.9. The lowest BCUT2D eigenvalue weighted by atomic mass is 9.78. The van der Waals surface area contributed by atoms with Crippen LogP contribution in [0.1, 0.15) is 76.1 Å². The van der Waals surface area contributed by atoms with Gasteiger partial charge in [-0.3, -0.25) is 9.59 Å². The van der Waals surface area contributed by atoms with Crippen LogP contribution in [-0.2, 0) is 16.6 Å². The Morgan fingerprint density at radius 1 is 1.06 bits per heavy atom. The highest BCUT2D eigenvalue weighted by molar-refractivity contribution is 7.89. The van der Waals surface area contributed by atoms with Gasteiger partial charge in [0.2, 0.25) is 15.5 Å². The van der Waals surface area contributed by atoms with Gasteiger partial charge >= 0.3 is 0 Å². The third-order valence-electron chi connectivity index (χ3n) is 7.86. The summed E-state index contributed by atoms with van der Waals surface area (Å²) in [5.41, 5.74) is 0.296. The second-order valence-corrected chi connectivity index (χ2v) is 11.9. The van der Waals surface area contributed by atoms with Gasteiger partial charge in [0.05, 0.1) is 10.4 Å². The fourth-order valence-corrected chi connectivity index (χ4v) is 6.97. The molecule has 1 saturated heterocycles. The minimum Gasteiger partial charge on any atom is -0.349 e. The van der Waals surface area contributed by atoms with E-state index in [1.807, 2.05) is 11.5 Å². The van der Waals surface area contributed by atoms with Gasteiger partial charge in [-0.05, 0) is 56.2 Å². The van der Waals surface area contributed by atoms with Gasteiger partial charge in [0, 0.05) is 37.3 Å². The average molecular weight is 488 g/mol. The number of rotatable bonds is 5. The van der Waals surface area contributed by atoms with Crippen molar-refractivity contribution in [2.24, 2.45) is 11.8 Å². The summed E-state index contributed by atoms with van der Waals surface area (Å²) < 4.78 is 30.0. The average Bonchev–Trinajstić information content (AvgIpc) is 3.12. The number of carbonyl (C=O) groups is 1. The van der Waals surface area contributed by atoms with E-state index in [1.54, 1.807) is 18.3 Å². The Kier molecular flexibility index (Phi) is 7.48. The third kappa shape index (κ3) is 4.80. The number of hydrogen-bond donors (Lipinski definition) is 1. The first-order chi connectivity index (χ1) is 16.2. The Bertz CT molecular complexity index is 1210. The number of benzene rings is 1. The van der Waals surface area contributed by atoms with E-state index in [0.717, 1.165) is 44.9 Å². The molecule has 186 valence electrons. The molecule has 3 unspecified atom stereocenters. The van der Waals surface area contributed by atoms with E-state index >= 15 is 0 Å². The first-order valence-corrected chi connectivity index (χ1v) is 14.2. The standard InChI is InChI=1S/C26H37N3O4S/c1-4-28-17-22(26(31)27-23-11-9-10-18(2)19(23)3)25(30)21-16-20(12-13-24(21)28)34(32,33)29-14-7-5-6-8-15-29/h12-13,16-19,23H,4-11,14-15H2,1-3H3,(H,27,31). The molecule has 0 spiro atoms. The second-order valence-electron chi connectivity index (χ2n) is 10.0. The van der Waals surface area contributed by atoms with E-state index in [2.05, 4.69) is 19.2 Å². The van der Waals surface area contributed by atoms with E-state index in [1.165, 1.54) is 10.4 Å². The number of carbonyl (C=O) groups excluding carboxylic acids is 1. The van der Waals surface area contributed by atoms with Crippen LogP contribution in [0.25, 0.3) is 10.9 Å². The number of aryl methyl sites for hydroxylation is 1. The molecule has 0 bridgehead atoms. The number of amides is 1. The summed E-state index contributed by atoms with van der Waals surface area (Å²) in [5.74, 6) is 0.493. The first-order valence-electron chi connectivity index (χ1n) is 12.7. The van der Waals surface area contributed by atoms with E-state index in [0.29, 0.717) is 37.0 Å². The van der Waals surface area contributed by atoms with Gasteiger partial charge in [0.1, 0.15) is 5.56 Å². The summed E-state index contributed by atoms with van der Waals surface area (Å²) in [5, 5.41) is 3.37. The number of hydrogen-bond acceptors (Lipinski definition) is 4. The predicted molar refractivity (Wildman–Crippen MR) is 135 cm³/mol. The van der Waals surface area contributed by atoms with Crippen LogP contribution < -0.4 is 10.7 Å². The molecule has 2 aliphatic rings. The zero-order valence-electron chi connectivity index (χ0n) is 20.5. The fraction of sp³-hybridized carbons (Fsp3) is 0.615. The van der Waals surface area contributed by atoms with Gasteiger partial charge in [-0.25, -0.2) is 8.42 Å². The number of sulfonamides is 1. The Morgan fingerprint density at radius 3 is 2.44 bits per heavy atom. The molecule has 1 saturated carbocycles. The Morgan fingerprint density at radius 2 is 1.76 bits per heavy atom. The van der Waals surface area contributed by atoms with Gasteiger partial charge in [0.15, 0.2) is 0 Å². The fourth-order valence-electron chi connectivity index (χ4n) is 5.42. The zero-order chi connectivity index (χ0) is 24.5. The topological polar surface area (TPSA) is 88.5 Å². The quantitative estimate of drug-likeness (QED) is 0.687. The molecule has 8 heteroatoms. The summed E-state index contributed by atoms with van der Waals surface area (Å²) in [6.45, 7) is 7.86. The van der Waals surface area contributed by atoms with Crippen molar-refractivity contribution in [3.63, 3.8) is 0 Å². The van der Waals surface area contributed by atoms with Crippen LogP contribution in [-0.4, -0.2) is 42.3 Å². The summed E-state index contributed by atoms with van der Waals surface area (Å²) in [6.07, 6.45) is 8.48. The van der Waals surface area contributed by atoms with Crippen molar-refractivity contribution in [3.8, 4) is 0 Å². The van der Waals surface area contributed by atoms with Crippen molar-refractivity contribution in [1.29, 1.82) is 0 Å². The molecular formula is C26H37N3O4S. The number of nitrogens with one attached hydrogen (secondary N) is 1. The Hall–Kier alpha value is -2.19. The minimum absolute atomic E-state index is 0.0381. The summed E-state index contributed by atoms with van der Waals surface area (Å²) >= 11 is 0. The van der Waals surface area contributed by atoms with Gasteiger partial charge in [-0.15, -0.1) is 0 Å². The monoisotopic (exact) mass is 487 g/mol. The summed E-state index contributed by atoms with van der Waals surface area (Å²) in [7, 11) is -3.70. The maximum Gasteiger partial charge on any atom is 0.256 e. The van der Waals surface area contributed by atoms with Crippen LogP contribution in [0, 0.1) is 11.8 Å². The van der Waals surface area contributed by atoms with Crippen LogP contribution in [0.2, 0.25) is 0 Å². The van der Waals surface area contributed by atoms with Crippen LogP contribution in [0.4, 0.5) is 0 Å². The lowest BCUT2D eigenvalue weighted by Gasteiger charge is -2.34. The zero-order valence-corrected chi connectivity index (χ0v) is 21.4. The molecule has 2 aromatic rings. The second kappa shape index (κ2) is 10.2. The molecule has 1 aliphatic carbocycles. The van der Waals surface area contributed by atoms with Crippen molar-refractivity contribution < 1.29 is 13.2 Å². The maximum atomic E-state index is 13.5. The highest BCUT2D eigenvalue weighted by atomic mass is 32.2. The maximum absolute atomic E-state index is 13.5. The van der Waals surface area contributed by atoms with Crippen LogP contribution >= 0.6 is 0 Å². The minimum atomic E-state index is -3.70. The lowest BCUT2D eigenvalue weighted by molar-refractivity contribution is 0.0889. The molecule has 1 aromatic heterocycles. The number of aromatic nitrogens is 1. The molecular weight excluding hydrogens is 450 g/mol. The van der Waals surface area contributed by atoms with Crippen molar-refractivity contribution in [1.82, 2.24) is 14.2 Å². The van der Waals surface area contributed by atoms with Gasteiger partial charge < -0.3 is 9.88 Å². The summed E-state index contributed by atoms with van der Waals surface area (Å²) in [6, 6.07) is 4.78. The molecule has 2 heterocycles. The van der Waals surface area contributed by atoms with E-state index in [4.69, 9.17) is 0 Å². The predicted octanol–water partition coefficient (Wildman–Crippen LogP) is 4.14. The molecule has 7 nitrogen and oxygen atoms in total. The van der Waals surface area contributed by atoms with Crippen molar-refractivity contribution in [2.75, 3.05) is 13.1 Å². The normalized spacial score (nSPS) is 24.6. The van der Waals surface area contributed by atoms with Crippen LogP contribution in [0.5, 0.6) is 0 Å². The van der Waals surface area contributed by atoms with Gasteiger partial charge in [-0.2, -0.15) is 4.31 Å². The van der Waals surface area contributed by atoms with Crippen LogP contribution in [0.15, 0.2) is 34.1 Å². The molecule has 1 N–H and O–H groups in total. The van der Waals surface area contributed by atoms with E-state index in [9.17, 15) is 18.0 Å². The molecule has 3 atom stereocenters. The largest absolute Gasteiger partial charge is 0.349 e. The highest BCUT2D eigenvalue weighted by Gasteiger charge is 2.30. The van der Waals surface area contributed by atoms with Crippen molar-refractivity contribution >= 4 is 26.8 Å². The Labute approximate surface area is 202 Å². The van der Waals surface area contributed by atoms with E-state index < -0.39 is 15.5 Å². The molecule has 4 rings (SSSR count). The van der Waals surface area contributed by atoms with Crippen molar-refractivity contribution in [3.05, 3.63) is 40.2 Å². The molecule has 1 aliphatic heterocycles. The SMILES string of the molecule is CCn1cc(C(=O)NC2CCCC(C)C2C)c(=O)c2cc(S(=O)(=O)N3CCCCCC3)ccc21. The molecule has 1 amide bonds. The molecule has 2 fully saturated rings. The van der Waals surface area contributed by atoms with Crippen LogP contribution in [0.3, 0.4) is 0 Å². The number of nitrogens with zero attached hydrogens (tertiary/aromatic N) is 2. The smallest absolute Gasteiger partial charge is 0.256 e. The highest BCUT2D eigenvalue weighted by Crippen LogP contribution is 2.30. The number of pyridine rings is 1. The van der Waals surface area contributed by atoms with E-state index in [-0.39, 0.29) is 27.8 Å². The summed E-state index contributed by atoms with van der Waals surface area (Å²) in [4.78, 5) is 26.8. The molecule has 34 heavy (non-hydrogen) atoms. The molecule has 1 aromatic carbocycles. The van der Waals surface area contributed by atoms with Gasteiger partial charge in [-0.1, -0.05) is 39.5 Å². The third-order valence-corrected chi connectivity index (χ3v) is 9.76. The Balaban J connectivity index is 1.72. The number of fused-ring (bicyclic) bond motifs is 1. The van der Waals surface area contributed by atoms with Gasteiger partial charge in [0.25, 0.3) is 5.91 Å². The molecule has 0 radical (unpaired) electrons. The lowest BCUT2D eigenvalue weighted by Crippen LogP contribution is -2.45.